The van der Waals surface area contributed by atoms with Gasteiger partial charge >= 0.3 is 0 Å². The van der Waals surface area contributed by atoms with Crippen molar-refractivity contribution in [2.75, 3.05) is 0 Å². The van der Waals surface area contributed by atoms with Crippen LogP contribution in [0.15, 0.2) is 97.3 Å². The summed E-state index contributed by atoms with van der Waals surface area (Å²) in [6.07, 6.45) is 6.94. The average Bonchev–Trinajstić information content (AvgIpc) is 2.75. The summed E-state index contributed by atoms with van der Waals surface area (Å²) in [7, 11) is 0. The Balaban J connectivity index is 1.79. The molecule has 2 aromatic carbocycles. The van der Waals surface area contributed by atoms with Crippen LogP contribution in [0.1, 0.15) is 16.8 Å². The summed E-state index contributed by atoms with van der Waals surface area (Å²) >= 11 is 0. The Bertz CT molecular complexity index is 963. The van der Waals surface area contributed by atoms with Crippen LogP contribution in [0.5, 0.6) is 0 Å². The van der Waals surface area contributed by atoms with Crippen molar-refractivity contribution in [2.24, 2.45) is 0 Å². The molecule has 1 aromatic heterocycles. The first kappa shape index (κ1) is 17.0. The third-order valence-electron chi connectivity index (χ3n) is 4.70. The normalized spacial score (nSPS) is 16.4. The fourth-order valence-corrected chi connectivity index (χ4v) is 3.38. The molecule has 0 amide bonds. The second-order valence-electron chi connectivity index (χ2n) is 6.50. The molecule has 1 unspecified atom stereocenters. The van der Waals surface area contributed by atoms with Gasteiger partial charge < -0.3 is 9.69 Å². The highest BCUT2D eigenvalue weighted by Crippen LogP contribution is 2.32. The molecule has 2 heterocycles. The lowest BCUT2D eigenvalue weighted by Gasteiger charge is -2.33. The van der Waals surface area contributed by atoms with Crippen molar-refractivity contribution in [3.05, 3.63) is 114 Å². The monoisotopic (exact) mass is 352 g/mol. The topological polar surface area (TPSA) is 33.2 Å². The highest BCUT2D eigenvalue weighted by atomic mass is 16.1. The van der Waals surface area contributed by atoms with Gasteiger partial charge in [0.1, 0.15) is 12.3 Å². The number of carbonyl (C=O) groups excluding carboxylic acids is 1. The zero-order chi connectivity index (χ0) is 18.5. The van der Waals surface area contributed by atoms with Crippen LogP contribution in [0.25, 0.3) is 11.1 Å². The summed E-state index contributed by atoms with van der Waals surface area (Å²) in [6, 6.07) is 25.8. The fraction of sp³-hybridized carbons (Fsp3) is 0.0833. The van der Waals surface area contributed by atoms with Gasteiger partial charge in [-0.1, -0.05) is 66.7 Å². The fourth-order valence-electron chi connectivity index (χ4n) is 3.38. The molecule has 27 heavy (non-hydrogen) atoms. The first-order valence-corrected chi connectivity index (χ1v) is 9.00. The molecule has 1 atom stereocenters. The smallest absolute Gasteiger partial charge is 0.147 e. The summed E-state index contributed by atoms with van der Waals surface area (Å²) in [4.78, 5) is 18.6. The zero-order valence-electron chi connectivity index (χ0n) is 14.9. The van der Waals surface area contributed by atoms with E-state index in [1.54, 1.807) is 6.20 Å². The van der Waals surface area contributed by atoms with Gasteiger partial charge in [-0.2, -0.15) is 0 Å². The predicted octanol–water partition coefficient (Wildman–Crippen LogP) is 4.59. The number of carbonyl (C=O) groups is 1. The molecular weight excluding hydrogens is 332 g/mol. The molecular formula is C24H20N2O. The van der Waals surface area contributed by atoms with E-state index in [0.29, 0.717) is 6.54 Å². The molecule has 0 saturated carbocycles. The molecule has 0 fully saturated rings. The van der Waals surface area contributed by atoms with Crippen molar-refractivity contribution in [1.82, 2.24) is 9.88 Å². The maximum atomic E-state index is 12.1. The van der Waals surface area contributed by atoms with Crippen molar-refractivity contribution in [3.8, 4) is 0 Å². The van der Waals surface area contributed by atoms with E-state index in [2.05, 4.69) is 28.1 Å². The number of pyridine rings is 1. The van der Waals surface area contributed by atoms with Gasteiger partial charge in [-0.25, -0.2) is 0 Å². The summed E-state index contributed by atoms with van der Waals surface area (Å²) in [6.45, 7) is 0.657. The van der Waals surface area contributed by atoms with Gasteiger partial charge in [0, 0.05) is 24.5 Å². The number of aromatic nitrogens is 1. The van der Waals surface area contributed by atoms with E-state index in [-0.39, 0.29) is 6.04 Å². The predicted molar refractivity (Wildman–Crippen MR) is 108 cm³/mol. The number of allylic oxidation sites excluding steroid dienone is 2. The number of aldehydes is 1. The van der Waals surface area contributed by atoms with E-state index in [0.717, 1.165) is 34.3 Å². The molecule has 0 spiro atoms. The summed E-state index contributed by atoms with van der Waals surface area (Å²) in [5.41, 5.74) is 5.10. The van der Waals surface area contributed by atoms with Crippen LogP contribution >= 0.6 is 0 Å². The molecule has 0 aliphatic carbocycles. The summed E-state index contributed by atoms with van der Waals surface area (Å²) in [5.74, 6) is 0. The molecule has 4 rings (SSSR count). The molecule has 3 nitrogen and oxygen atoms in total. The molecule has 0 bridgehead atoms. The van der Waals surface area contributed by atoms with Gasteiger partial charge in [0.2, 0.25) is 0 Å². The second kappa shape index (κ2) is 7.83. The Kier molecular flexibility index (Phi) is 4.93. The molecule has 3 aromatic rings. The van der Waals surface area contributed by atoms with E-state index >= 15 is 0 Å². The second-order valence-corrected chi connectivity index (χ2v) is 6.50. The van der Waals surface area contributed by atoms with Crippen molar-refractivity contribution in [3.63, 3.8) is 0 Å². The van der Waals surface area contributed by atoms with E-state index in [1.807, 2.05) is 72.9 Å². The molecule has 1 aliphatic rings. The summed E-state index contributed by atoms with van der Waals surface area (Å²) < 4.78 is 0. The molecule has 1 aliphatic heterocycles. The first-order chi connectivity index (χ1) is 13.3. The van der Waals surface area contributed by atoms with Gasteiger partial charge in [-0.15, -0.1) is 0 Å². The SMILES string of the molecule is O=CC1C(c2ccccc2)=CC(c2ccccn2)=CN1Cc1ccccc1. The van der Waals surface area contributed by atoms with E-state index in [9.17, 15) is 4.79 Å². The van der Waals surface area contributed by atoms with Crippen molar-refractivity contribution in [2.45, 2.75) is 12.6 Å². The lowest BCUT2D eigenvalue weighted by molar-refractivity contribution is -0.110. The highest BCUT2D eigenvalue weighted by Gasteiger charge is 2.26. The third kappa shape index (κ3) is 3.72. The Morgan fingerprint density at radius 3 is 2.26 bits per heavy atom. The van der Waals surface area contributed by atoms with E-state index in [1.165, 1.54) is 0 Å². The lowest BCUT2D eigenvalue weighted by Crippen LogP contribution is -2.35. The van der Waals surface area contributed by atoms with Crippen molar-refractivity contribution < 1.29 is 4.79 Å². The molecule has 0 radical (unpaired) electrons. The standard InChI is InChI=1S/C24H20N2O/c27-18-24-22(20-11-5-2-6-12-20)15-21(23-13-7-8-14-25-23)17-26(24)16-19-9-3-1-4-10-19/h1-15,17-18,24H,16H2. The first-order valence-electron chi connectivity index (χ1n) is 9.00. The van der Waals surface area contributed by atoms with Crippen LogP contribution in [-0.2, 0) is 11.3 Å². The van der Waals surface area contributed by atoms with Gasteiger partial charge in [0.25, 0.3) is 0 Å². The van der Waals surface area contributed by atoms with E-state index in [4.69, 9.17) is 0 Å². The van der Waals surface area contributed by atoms with Crippen LogP contribution in [0.4, 0.5) is 0 Å². The van der Waals surface area contributed by atoms with Crippen LogP contribution in [-0.4, -0.2) is 22.2 Å². The van der Waals surface area contributed by atoms with Crippen LogP contribution in [0.3, 0.4) is 0 Å². The van der Waals surface area contributed by atoms with Crippen LogP contribution in [0, 0.1) is 0 Å². The number of benzene rings is 2. The number of rotatable bonds is 5. The minimum Gasteiger partial charge on any atom is -0.359 e. The molecule has 132 valence electrons. The quantitative estimate of drug-likeness (QED) is 0.630. The maximum absolute atomic E-state index is 12.1. The zero-order valence-corrected chi connectivity index (χ0v) is 14.9. The minimum absolute atomic E-state index is 0.333. The van der Waals surface area contributed by atoms with Gasteiger partial charge in [-0.3, -0.25) is 4.98 Å². The summed E-state index contributed by atoms with van der Waals surface area (Å²) in [5, 5.41) is 0. The van der Waals surface area contributed by atoms with Crippen LogP contribution < -0.4 is 0 Å². The Morgan fingerprint density at radius 2 is 1.59 bits per heavy atom. The van der Waals surface area contributed by atoms with Crippen molar-refractivity contribution in [1.29, 1.82) is 0 Å². The minimum atomic E-state index is -0.333. The van der Waals surface area contributed by atoms with Gasteiger partial charge in [-0.05, 0) is 34.9 Å². The Hall–Kier alpha value is -3.46. The van der Waals surface area contributed by atoms with Crippen molar-refractivity contribution >= 4 is 17.4 Å². The highest BCUT2D eigenvalue weighted by molar-refractivity contribution is 5.93. The molecule has 3 heteroatoms. The molecule has 0 N–H and O–H groups in total. The Labute approximate surface area is 159 Å². The third-order valence-corrected chi connectivity index (χ3v) is 4.70. The molecule has 0 saturated heterocycles. The maximum Gasteiger partial charge on any atom is 0.147 e. The number of hydrogen-bond donors (Lipinski definition) is 0. The average molecular weight is 352 g/mol. The Morgan fingerprint density at radius 1 is 0.889 bits per heavy atom. The van der Waals surface area contributed by atoms with Crippen LogP contribution in [0.2, 0.25) is 0 Å². The van der Waals surface area contributed by atoms with Gasteiger partial charge in [0.05, 0.1) is 5.69 Å². The largest absolute Gasteiger partial charge is 0.359 e. The van der Waals surface area contributed by atoms with E-state index < -0.39 is 0 Å². The number of hydrogen-bond acceptors (Lipinski definition) is 3. The number of nitrogens with zero attached hydrogens (tertiary/aromatic N) is 2. The lowest BCUT2D eigenvalue weighted by atomic mass is 9.92. The van der Waals surface area contributed by atoms with Gasteiger partial charge in [0.15, 0.2) is 0 Å².